The summed E-state index contributed by atoms with van der Waals surface area (Å²) in [6.07, 6.45) is 0. The number of hydrogen-bond acceptors (Lipinski definition) is 4. The maximum atomic E-state index is 12.1. The summed E-state index contributed by atoms with van der Waals surface area (Å²) in [5.74, 6) is 1.18. The molecule has 3 rings (SSSR count). The van der Waals surface area contributed by atoms with Crippen LogP contribution in [0.2, 0.25) is 0 Å². The molecular weight excluding hydrogens is 256 g/mol. The number of carbonyl (C=O) groups is 1. The summed E-state index contributed by atoms with van der Waals surface area (Å²) in [6, 6.07) is 12.6. The summed E-state index contributed by atoms with van der Waals surface area (Å²) in [7, 11) is 0. The molecule has 0 saturated carbocycles. The highest BCUT2D eigenvalue weighted by Crippen LogP contribution is 2.35. The Morgan fingerprint density at radius 2 is 2.00 bits per heavy atom. The fraction of sp³-hybridized carbons (Fsp3) is 0.133. The van der Waals surface area contributed by atoms with Crippen LogP contribution in [0.4, 0.5) is 5.69 Å². The number of amides is 1. The summed E-state index contributed by atoms with van der Waals surface area (Å²) >= 11 is 0. The first-order chi connectivity index (χ1) is 9.75. The van der Waals surface area contributed by atoms with Crippen LogP contribution in [0.1, 0.15) is 15.9 Å². The van der Waals surface area contributed by atoms with Gasteiger partial charge >= 0.3 is 0 Å². The molecule has 1 heterocycles. The number of rotatable bonds is 3. The van der Waals surface area contributed by atoms with E-state index in [-0.39, 0.29) is 12.7 Å². The number of nitrogens with one attached hydrogen (secondary N) is 1. The van der Waals surface area contributed by atoms with Crippen molar-refractivity contribution in [3.05, 3.63) is 53.6 Å². The minimum atomic E-state index is -0.209. The van der Waals surface area contributed by atoms with Crippen molar-refractivity contribution >= 4 is 11.6 Å². The Labute approximate surface area is 116 Å². The molecule has 0 aliphatic carbocycles. The molecule has 0 saturated heterocycles. The summed E-state index contributed by atoms with van der Waals surface area (Å²) < 4.78 is 10.7. The predicted molar refractivity (Wildman–Crippen MR) is 74.6 cm³/mol. The fourth-order valence-electron chi connectivity index (χ4n) is 2.10. The smallest absolute Gasteiger partial charge is 0.253 e. The van der Waals surface area contributed by atoms with Gasteiger partial charge in [0, 0.05) is 17.8 Å². The van der Waals surface area contributed by atoms with Crippen LogP contribution < -0.4 is 20.5 Å². The van der Waals surface area contributed by atoms with Crippen LogP contribution in [0.3, 0.4) is 0 Å². The van der Waals surface area contributed by atoms with E-state index in [2.05, 4.69) is 5.32 Å². The molecule has 0 aromatic heterocycles. The van der Waals surface area contributed by atoms with Crippen LogP contribution in [0.15, 0.2) is 42.5 Å². The fourth-order valence-corrected chi connectivity index (χ4v) is 2.10. The van der Waals surface area contributed by atoms with Crippen LogP contribution in [-0.4, -0.2) is 12.7 Å². The molecule has 102 valence electrons. The van der Waals surface area contributed by atoms with Crippen molar-refractivity contribution in [2.45, 2.75) is 6.54 Å². The van der Waals surface area contributed by atoms with Gasteiger partial charge < -0.3 is 20.5 Å². The van der Waals surface area contributed by atoms with Crippen molar-refractivity contribution in [3.63, 3.8) is 0 Å². The maximum absolute atomic E-state index is 12.1. The minimum Gasteiger partial charge on any atom is -0.454 e. The van der Waals surface area contributed by atoms with Gasteiger partial charge in [-0.05, 0) is 18.2 Å². The molecule has 5 nitrogen and oxygen atoms in total. The number of anilines is 1. The molecule has 1 aliphatic rings. The molecule has 1 amide bonds. The van der Waals surface area contributed by atoms with Crippen molar-refractivity contribution in [3.8, 4) is 11.5 Å². The second kappa shape index (κ2) is 5.13. The first-order valence-corrected chi connectivity index (χ1v) is 6.26. The third kappa shape index (κ3) is 2.25. The van der Waals surface area contributed by atoms with Crippen LogP contribution in [0.25, 0.3) is 0 Å². The Morgan fingerprint density at radius 3 is 2.85 bits per heavy atom. The Morgan fingerprint density at radius 1 is 1.15 bits per heavy atom. The second-order valence-electron chi connectivity index (χ2n) is 4.42. The Bertz CT molecular complexity index is 655. The molecule has 2 aromatic rings. The van der Waals surface area contributed by atoms with Crippen molar-refractivity contribution in [2.75, 3.05) is 12.5 Å². The summed E-state index contributed by atoms with van der Waals surface area (Å²) in [6.45, 7) is 0.575. The lowest BCUT2D eigenvalue weighted by Gasteiger charge is -2.09. The normalized spacial score (nSPS) is 12.2. The molecule has 0 fully saturated rings. The maximum Gasteiger partial charge on any atom is 0.253 e. The highest BCUT2D eigenvalue weighted by Gasteiger charge is 2.17. The van der Waals surface area contributed by atoms with Gasteiger partial charge in [0.15, 0.2) is 11.5 Å². The molecule has 2 aromatic carbocycles. The van der Waals surface area contributed by atoms with E-state index in [1.54, 1.807) is 24.3 Å². The van der Waals surface area contributed by atoms with E-state index in [1.165, 1.54) is 0 Å². The zero-order chi connectivity index (χ0) is 13.9. The number of carbonyl (C=O) groups excluding carboxylic acids is 1. The van der Waals surface area contributed by atoms with E-state index in [0.29, 0.717) is 29.3 Å². The first-order valence-electron chi connectivity index (χ1n) is 6.26. The van der Waals surface area contributed by atoms with Crippen molar-refractivity contribution < 1.29 is 14.3 Å². The Hall–Kier alpha value is -2.69. The van der Waals surface area contributed by atoms with Crippen molar-refractivity contribution in [1.82, 2.24) is 5.32 Å². The van der Waals surface area contributed by atoms with Gasteiger partial charge in [-0.1, -0.05) is 24.3 Å². The number of nitrogen functional groups attached to an aromatic ring is 1. The number of para-hydroxylation sites is 2. The van der Waals surface area contributed by atoms with Crippen LogP contribution in [-0.2, 0) is 6.54 Å². The zero-order valence-electron chi connectivity index (χ0n) is 10.8. The van der Waals surface area contributed by atoms with Gasteiger partial charge in [0.1, 0.15) is 0 Å². The number of fused-ring (bicyclic) bond motifs is 1. The van der Waals surface area contributed by atoms with Gasteiger partial charge in [-0.3, -0.25) is 4.79 Å². The van der Waals surface area contributed by atoms with Gasteiger partial charge in [-0.2, -0.15) is 0 Å². The second-order valence-corrected chi connectivity index (χ2v) is 4.42. The minimum absolute atomic E-state index is 0.209. The third-order valence-electron chi connectivity index (χ3n) is 3.12. The van der Waals surface area contributed by atoms with Crippen LogP contribution >= 0.6 is 0 Å². The first kappa shape index (κ1) is 12.3. The van der Waals surface area contributed by atoms with Crippen molar-refractivity contribution in [2.24, 2.45) is 0 Å². The summed E-state index contributed by atoms with van der Waals surface area (Å²) in [5, 5.41) is 2.83. The van der Waals surface area contributed by atoms with E-state index in [0.717, 1.165) is 5.56 Å². The third-order valence-corrected chi connectivity index (χ3v) is 3.12. The van der Waals surface area contributed by atoms with E-state index in [1.807, 2.05) is 18.2 Å². The van der Waals surface area contributed by atoms with E-state index >= 15 is 0 Å². The average Bonchev–Trinajstić information content (AvgIpc) is 2.94. The zero-order valence-corrected chi connectivity index (χ0v) is 10.8. The van der Waals surface area contributed by atoms with Gasteiger partial charge in [0.2, 0.25) is 6.79 Å². The molecule has 0 atom stereocenters. The Balaban J connectivity index is 1.73. The summed E-state index contributed by atoms with van der Waals surface area (Å²) in [4.78, 5) is 12.1. The lowest BCUT2D eigenvalue weighted by Crippen LogP contribution is -2.23. The molecule has 20 heavy (non-hydrogen) atoms. The number of benzene rings is 2. The molecular formula is C15H14N2O3. The van der Waals surface area contributed by atoms with Crippen molar-refractivity contribution in [1.29, 1.82) is 0 Å². The monoisotopic (exact) mass is 270 g/mol. The number of ether oxygens (including phenoxy) is 2. The lowest BCUT2D eigenvalue weighted by molar-refractivity contribution is 0.0951. The topological polar surface area (TPSA) is 73.6 Å². The molecule has 5 heteroatoms. The molecule has 1 aliphatic heterocycles. The molecule has 0 spiro atoms. The number of nitrogens with two attached hydrogens (primary N) is 1. The van der Waals surface area contributed by atoms with Crippen LogP contribution in [0, 0.1) is 0 Å². The summed E-state index contributed by atoms with van der Waals surface area (Å²) in [5.41, 5.74) is 7.58. The molecule has 0 radical (unpaired) electrons. The quantitative estimate of drug-likeness (QED) is 0.836. The Kier molecular flexibility index (Phi) is 3.16. The largest absolute Gasteiger partial charge is 0.454 e. The van der Waals surface area contributed by atoms with E-state index in [4.69, 9.17) is 15.2 Å². The van der Waals surface area contributed by atoms with E-state index < -0.39 is 0 Å². The highest BCUT2D eigenvalue weighted by atomic mass is 16.7. The van der Waals surface area contributed by atoms with Crippen LogP contribution in [0.5, 0.6) is 11.5 Å². The van der Waals surface area contributed by atoms with E-state index in [9.17, 15) is 4.79 Å². The highest BCUT2D eigenvalue weighted by molar-refractivity contribution is 5.99. The SMILES string of the molecule is Nc1ccccc1C(=O)NCc1cccc2c1OCO2. The number of hydrogen-bond donors (Lipinski definition) is 2. The molecule has 0 bridgehead atoms. The lowest BCUT2D eigenvalue weighted by atomic mass is 10.1. The molecule has 3 N–H and O–H groups in total. The van der Waals surface area contributed by atoms with Gasteiger partial charge in [-0.25, -0.2) is 0 Å². The standard InChI is InChI=1S/C15H14N2O3/c16-12-6-2-1-5-11(12)15(18)17-8-10-4-3-7-13-14(10)20-9-19-13/h1-7H,8-9,16H2,(H,17,18). The molecule has 0 unspecified atom stereocenters. The average molecular weight is 270 g/mol. The van der Waals surface area contributed by atoms with Gasteiger partial charge in [-0.15, -0.1) is 0 Å². The van der Waals surface area contributed by atoms with Gasteiger partial charge in [0.25, 0.3) is 5.91 Å². The predicted octanol–water partition coefficient (Wildman–Crippen LogP) is 1.93. The van der Waals surface area contributed by atoms with Gasteiger partial charge in [0.05, 0.1) is 5.56 Å².